The molecule has 0 bridgehead atoms. The highest BCUT2D eigenvalue weighted by Crippen LogP contribution is 2.25. The summed E-state index contributed by atoms with van der Waals surface area (Å²) in [5.41, 5.74) is 0.295. The summed E-state index contributed by atoms with van der Waals surface area (Å²) >= 11 is 1.32. The Labute approximate surface area is 134 Å². The van der Waals surface area contributed by atoms with Crippen molar-refractivity contribution in [2.75, 3.05) is 32.7 Å². The highest BCUT2D eigenvalue weighted by Gasteiger charge is 2.43. The molecule has 0 aliphatic carbocycles. The number of piperazine rings is 1. The fraction of sp³-hybridized carbons (Fsp3) is 0.538. The van der Waals surface area contributed by atoms with Crippen molar-refractivity contribution >= 4 is 22.1 Å². The number of nitrogens with one attached hydrogen (secondary N) is 2. The summed E-state index contributed by atoms with van der Waals surface area (Å²) in [7, 11) is 0. The first-order valence-corrected chi connectivity index (χ1v) is 8.04. The third-order valence-electron chi connectivity index (χ3n) is 3.81. The van der Waals surface area contributed by atoms with E-state index < -0.39 is 24.7 Å². The number of thiazole rings is 1. The van der Waals surface area contributed by atoms with Gasteiger partial charge >= 0.3 is 6.18 Å². The van der Waals surface area contributed by atoms with Gasteiger partial charge < -0.3 is 10.6 Å². The minimum absolute atomic E-state index is 0.295. The smallest absolute Gasteiger partial charge is 0.349 e. The number of alkyl halides is 3. The second-order valence-corrected chi connectivity index (χ2v) is 6.17. The molecule has 2 N–H and O–H groups in total. The third kappa shape index (κ3) is 3.48. The van der Waals surface area contributed by atoms with Gasteiger partial charge in [-0.05, 0) is 0 Å². The molecule has 1 saturated heterocycles. The predicted octanol–water partition coefficient (Wildman–Crippen LogP) is 0.962. The number of halogens is 3. The fourth-order valence-electron chi connectivity index (χ4n) is 2.61. The maximum absolute atomic E-state index is 13.3. The number of imidazole rings is 1. The van der Waals surface area contributed by atoms with Gasteiger partial charge in [-0.15, -0.1) is 11.3 Å². The summed E-state index contributed by atoms with van der Waals surface area (Å²) in [5.74, 6) is -0.529. The van der Waals surface area contributed by atoms with Crippen molar-refractivity contribution in [3.63, 3.8) is 0 Å². The number of aromatic nitrogens is 2. The molecule has 1 atom stereocenters. The van der Waals surface area contributed by atoms with E-state index in [1.165, 1.54) is 22.6 Å². The van der Waals surface area contributed by atoms with E-state index in [-0.39, 0.29) is 0 Å². The van der Waals surface area contributed by atoms with Gasteiger partial charge in [0.25, 0.3) is 5.91 Å². The van der Waals surface area contributed by atoms with E-state index in [0.717, 1.165) is 4.83 Å². The van der Waals surface area contributed by atoms with E-state index >= 15 is 0 Å². The minimum atomic E-state index is -4.39. The maximum atomic E-state index is 13.3. The molecule has 0 saturated carbocycles. The first kappa shape index (κ1) is 16.2. The van der Waals surface area contributed by atoms with Gasteiger partial charge in [-0.3, -0.25) is 14.1 Å². The summed E-state index contributed by atoms with van der Waals surface area (Å²) in [6, 6.07) is -1.68. The van der Waals surface area contributed by atoms with Crippen molar-refractivity contribution in [2.24, 2.45) is 0 Å². The third-order valence-corrected chi connectivity index (χ3v) is 4.70. The monoisotopic (exact) mass is 347 g/mol. The molecule has 1 amide bonds. The van der Waals surface area contributed by atoms with Gasteiger partial charge in [-0.25, -0.2) is 4.98 Å². The number of hydrogen-bond donors (Lipinski definition) is 2. The molecule has 10 heteroatoms. The molecule has 2 aromatic heterocycles. The Morgan fingerprint density at radius 3 is 2.87 bits per heavy atom. The first-order valence-electron chi connectivity index (χ1n) is 7.16. The van der Waals surface area contributed by atoms with E-state index in [1.807, 2.05) is 0 Å². The highest BCUT2D eigenvalue weighted by atomic mass is 32.1. The van der Waals surface area contributed by atoms with Gasteiger partial charge in [-0.1, -0.05) is 0 Å². The second kappa shape index (κ2) is 6.46. The topological polar surface area (TPSA) is 61.7 Å². The Balaban J connectivity index is 1.68. The molecule has 0 spiro atoms. The lowest BCUT2D eigenvalue weighted by Gasteiger charge is -2.35. The van der Waals surface area contributed by atoms with Crippen LogP contribution >= 0.6 is 11.3 Å². The molecule has 1 aliphatic rings. The zero-order valence-electron chi connectivity index (χ0n) is 12.1. The van der Waals surface area contributed by atoms with Crippen LogP contribution in [-0.4, -0.2) is 65.1 Å². The van der Waals surface area contributed by atoms with Gasteiger partial charge in [0.2, 0.25) is 0 Å². The van der Waals surface area contributed by atoms with E-state index in [2.05, 4.69) is 15.6 Å². The van der Waals surface area contributed by atoms with E-state index in [9.17, 15) is 18.0 Å². The molecule has 3 rings (SSSR count). The molecule has 23 heavy (non-hydrogen) atoms. The molecule has 2 aromatic rings. The number of carbonyl (C=O) groups is 1. The van der Waals surface area contributed by atoms with Crippen LogP contribution in [0.4, 0.5) is 13.2 Å². The highest BCUT2D eigenvalue weighted by molar-refractivity contribution is 7.15. The van der Waals surface area contributed by atoms with E-state index in [4.69, 9.17) is 0 Å². The van der Waals surface area contributed by atoms with Gasteiger partial charge in [0.1, 0.15) is 22.9 Å². The second-order valence-electron chi connectivity index (χ2n) is 5.28. The summed E-state index contributed by atoms with van der Waals surface area (Å²) in [6.45, 7) is 1.18. The van der Waals surface area contributed by atoms with Crippen molar-refractivity contribution < 1.29 is 18.0 Å². The summed E-state index contributed by atoms with van der Waals surface area (Å²) < 4.78 is 41.4. The number of rotatable bonds is 4. The Bertz CT molecular complexity index is 676. The molecular formula is C13H16F3N5OS. The van der Waals surface area contributed by atoms with Crippen LogP contribution in [0.15, 0.2) is 17.9 Å². The summed E-state index contributed by atoms with van der Waals surface area (Å²) in [6.07, 6.45) is -1.32. The molecule has 6 nitrogen and oxygen atoms in total. The number of nitrogens with zero attached hydrogens (tertiary/aromatic N) is 3. The van der Waals surface area contributed by atoms with Crippen molar-refractivity contribution in [1.29, 1.82) is 0 Å². The normalized spacial score (nSPS) is 18.2. The summed E-state index contributed by atoms with van der Waals surface area (Å²) in [4.78, 5) is 18.2. The molecule has 1 fully saturated rings. The van der Waals surface area contributed by atoms with Crippen LogP contribution in [0.1, 0.15) is 10.5 Å². The minimum Gasteiger partial charge on any atom is -0.349 e. The molecule has 3 heterocycles. The van der Waals surface area contributed by atoms with Gasteiger partial charge in [0.15, 0.2) is 0 Å². The Morgan fingerprint density at radius 1 is 1.43 bits per heavy atom. The standard InChI is InChI=1S/C13H16F3N5OS/c14-13(15,16)10(20-3-1-17-2-4-20)5-19-12(22)9-7-23-11-6-18-8-21(9)11/h6-8,10,17H,1-5H2,(H,19,22). The lowest BCUT2D eigenvalue weighted by molar-refractivity contribution is -0.183. The quantitative estimate of drug-likeness (QED) is 0.865. The Kier molecular flexibility index (Phi) is 4.55. The van der Waals surface area contributed by atoms with Crippen molar-refractivity contribution in [1.82, 2.24) is 24.9 Å². The number of amides is 1. The summed E-state index contributed by atoms with van der Waals surface area (Å²) in [5, 5.41) is 7.04. The van der Waals surface area contributed by atoms with Crippen LogP contribution in [0.2, 0.25) is 0 Å². The molecular weight excluding hydrogens is 331 g/mol. The fourth-order valence-corrected chi connectivity index (χ4v) is 3.45. The largest absolute Gasteiger partial charge is 0.405 e. The van der Waals surface area contributed by atoms with Gasteiger partial charge in [0.05, 0.1) is 6.20 Å². The van der Waals surface area contributed by atoms with Gasteiger partial charge in [0, 0.05) is 38.1 Å². The van der Waals surface area contributed by atoms with Gasteiger partial charge in [-0.2, -0.15) is 13.2 Å². The number of fused-ring (bicyclic) bond motifs is 1. The van der Waals surface area contributed by atoms with Crippen molar-refractivity contribution in [3.05, 3.63) is 23.6 Å². The Hall–Kier alpha value is -1.65. The van der Waals surface area contributed by atoms with Crippen LogP contribution in [0.3, 0.4) is 0 Å². The number of hydrogen-bond acceptors (Lipinski definition) is 5. The lowest BCUT2D eigenvalue weighted by Crippen LogP contribution is -2.57. The van der Waals surface area contributed by atoms with E-state index in [1.54, 1.807) is 16.0 Å². The lowest BCUT2D eigenvalue weighted by atomic mass is 10.2. The van der Waals surface area contributed by atoms with Crippen LogP contribution in [0, 0.1) is 0 Å². The zero-order valence-corrected chi connectivity index (χ0v) is 13.0. The predicted molar refractivity (Wildman–Crippen MR) is 79.7 cm³/mol. The molecule has 0 aromatic carbocycles. The average molecular weight is 347 g/mol. The first-order chi connectivity index (χ1) is 11.0. The average Bonchev–Trinajstić information content (AvgIpc) is 3.09. The molecule has 1 unspecified atom stereocenters. The Morgan fingerprint density at radius 2 is 2.17 bits per heavy atom. The van der Waals surface area contributed by atoms with Crippen molar-refractivity contribution in [3.8, 4) is 0 Å². The molecule has 126 valence electrons. The number of carbonyl (C=O) groups excluding carboxylic acids is 1. The van der Waals surface area contributed by atoms with Crippen LogP contribution in [0.25, 0.3) is 4.83 Å². The van der Waals surface area contributed by atoms with Crippen molar-refractivity contribution in [2.45, 2.75) is 12.2 Å². The maximum Gasteiger partial charge on any atom is 0.405 e. The van der Waals surface area contributed by atoms with Crippen LogP contribution in [0.5, 0.6) is 0 Å². The zero-order chi connectivity index (χ0) is 16.4. The van der Waals surface area contributed by atoms with Crippen LogP contribution < -0.4 is 10.6 Å². The van der Waals surface area contributed by atoms with Crippen LogP contribution in [-0.2, 0) is 0 Å². The molecule has 1 aliphatic heterocycles. The molecule has 0 radical (unpaired) electrons. The van der Waals surface area contributed by atoms with E-state index in [0.29, 0.717) is 31.9 Å². The SMILES string of the molecule is O=C(NCC(N1CCNCC1)C(F)(F)F)c1csc2cncn12.